The number of hydrogen-bond acceptors (Lipinski definition) is 6. The van der Waals surface area contributed by atoms with Gasteiger partial charge in [-0.05, 0) is 29.6 Å². The molecule has 0 saturated heterocycles. The summed E-state index contributed by atoms with van der Waals surface area (Å²) in [6.07, 6.45) is 0. The van der Waals surface area contributed by atoms with E-state index in [1.165, 1.54) is 11.8 Å². The second-order valence-electron chi connectivity index (χ2n) is 4.52. The molecule has 0 bridgehead atoms. The van der Waals surface area contributed by atoms with Crippen LogP contribution in [0.5, 0.6) is 0 Å². The fraction of sp³-hybridized carbons (Fsp3) is 0.0714. The molecule has 4 rings (SSSR count). The number of thioether (sulfide) groups is 1. The van der Waals surface area contributed by atoms with Crippen molar-refractivity contribution in [2.24, 2.45) is 0 Å². The van der Waals surface area contributed by atoms with Crippen molar-refractivity contribution < 1.29 is 4.52 Å². The van der Waals surface area contributed by atoms with Gasteiger partial charge < -0.3 is 9.51 Å². The van der Waals surface area contributed by atoms with Crippen LogP contribution in [0.15, 0.2) is 44.7 Å². The molecule has 4 aromatic rings. The average Bonchev–Trinajstić information content (AvgIpc) is 3.24. The van der Waals surface area contributed by atoms with Gasteiger partial charge in [-0.25, -0.2) is 4.98 Å². The van der Waals surface area contributed by atoms with E-state index in [-0.39, 0.29) is 0 Å². The summed E-state index contributed by atoms with van der Waals surface area (Å²) in [5, 5.41) is 9.44. The molecule has 110 valence electrons. The van der Waals surface area contributed by atoms with Crippen LogP contribution in [-0.2, 0) is 5.75 Å². The van der Waals surface area contributed by atoms with E-state index < -0.39 is 0 Å². The smallest absolute Gasteiger partial charge is 0.237 e. The monoisotopic (exact) mass is 348 g/mol. The molecule has 0 saturated carbocycles. The number of nitrogens with one attached hydrogen (secondary N) is 1. The van der Waals surface area contributed by atoms with Crippen molar-refractivity contribution in [2.45, 2.75) is 10.9 Å². The third-order valence-corrected chi connectivity index (χ3v) is 4.78. The van der Waals surface area contributed by atoms with Gasteiger partial charge in [0, 0.05) is 16.0 Å². The Morgan fingerprint density at radius 2 is 2.23 bits per heavy atom. The third kappa shape index (κ3) is 2.75. The largest absolute Gasteiger partial charge is 0.338 e. The van der Waals surface area contributed by atoms with Crippen LogP contribution in [0.3, 0.4) is 0 Å². The van der Waals surface area contributed by atoms with E-state index >= 15 is 0 Å². The number of benzene rings is 1. The standard InChI is InChI=1S/C14H9ClN4OS2/c15-9-1-2-10-11(5-9)17-14(16-10)22-7-12-18-13(19-20-12)8-3-4-21-6-8/h1-6H,7H2,(H,16,17). The highest BCUT2D eigenvalue weighted by Crippen LogP contribution is 2.25. The van der Waals surface area contributed by atoms with Gasteiger partial charge in [0.05, 0.1) is 16.8 Å². The quantitative estimate of drug-likeness (QED) is 0.545. The van der Waals surface area contributed by atoms with E-state index in [2.05, 4.69) is 20.1 Å². The van der Waals surface area contributed by atoms with Crippen LogP contribution in [0.2, 0.25) is 5.02 Å². The van der Waals surface area contributed by atoms with Crippen molar-refractivity contribution in [3.63, 3.8) is 0 Å². The maximum absolute atomic E-state index is 5.97. The van der Waals surface area contributed by atoms with Crippen LogP contribution in [-0.4, -0.2) is 20.1 Å². The Morgan fingerprint density at radius 3 is 3.09 bits per heavy atom. The van der Waals surface area contributed by atoms with Gasteiger partial charge in [-0.3, -0.25) is 0 Å². The summed E-state index contributed by atoms with van der Waals surface area (Å²) >= 11 is 9.08. The summed E-state index contributed by atoms with van der Waals surface area (Å²) in [6.45, 7) is 0. The lowest BCUT2D eigenvalue weighted by atomic mass is 10.3. The number of nitrogens with zero attached hydrogens (tertiary/aromatic N) is 3. The number of thiophene rings is 1. The van der Waals surface area contributed by atoms with E-state index in [9.17, 15) is 0 Å². The Kier molecular flexibility index (Phi) is 3.61. The van der Waals surface area contributed by atoms with Gasteiger partial charge in [-0.1, -0.05) is 28.5 Å². The Bertz CT molecular complexity index is 916. The van der Waals surface area contributed by atoms with Gasteiger partial charge in [-0.2, -0.15) is 16.3 Å². The Hall–Kier alpha value is -1.83. The summed E-state index contributed by atoms with van der Waals surface area (Å²) in [5.41, 5.74) is 2.78. The molecule has 0 spiro atoms. The molecule has 0 atom stereocenters. The lowest BCUT2D eigenvalue weighted by Gasteiger charge is -1.91. The highest BCUT2D eigenvalue weighted by molar-refractivity contribution is 7.98. The van der Waals surface area contributed by atoms with Crippen molar-refractivity contribution in [3.05, 3.63) is 45.9 Å². The molecule has 0 amide bonds. The van der Waals surface area contributed by atoms with E-state index in [1.807, 2.05) is 35.0 Å². The van der Waals surface area contributed by atoms with Gasteiger partial charge in [0.2, 0.25) is 11.7 Å². The van der Waals surface area contributed by atoms with E-state index in [0.717, 1.165) is 21.8 Å². The van der Waals surface area contributed by atoms with E-state index in [0.29, 0.717) is 22.5 Å². The van der Waals surface area contributed by atoms with Crippen molar-refractivity contribution in [2.75, 3.05) is 0 Å². The molecule has 3 aromatic heterocycles. The molecular formula is C14H9ClN4OS2. The van der Waals surface area contributed by atoms with Crippen LogP contribution >= 0.6 is 34.7 Å². The highest BCUT2D eigenvalue weighted by Gasteiger charge is 2.11. The van der Waals surface area contributed by atoms with Gasteiger partial charge >= 0.3 is 0 Å². The highest BCUT2D eigenvalue weighted by atomic mass is 35.5. The van der Waals surface area contributed by atoms with Crippen LogP contribution < -0.4 is 0 Å². The molecule has 0 fully saturated rings. The number of aromatic nitrogens is 4. The van der Waals surface area contributed by atoms with Crippen LogP contribution in [0, 0.1) is 0 Å². The summed E-state index contributed by atoms with van der Waals surface area (Å²) < 4.78 is 5.26. The molecule has 1 aromatic carbocycles. The topological polar surface area (TPSA) is 67.6 Å². The molecule has 0 unspecified atom stereocenters. The van der Waals surface area contributed by atoms with Crippen LogP contribution in [0.4, 0.5) is 0 Å². The SMILES string of the molecule is Clc1ccc2nc(SCc3nc(-c4ccsc4)no3)[nH]c2c1. The normalized spacial score (nSPS) is 11.3. The van der Waals surface area contributed by atoms with Crippen molar-refractivity contribution in [1.82, 2.24) is 20.1 Å². The van der Waals surface area contributed by atoms with Crippen LogP contribution in [0.1, 0.15) is 5.89 Å². The number of rotatable bonds is 4. The van der Waals surface area contributed by atoms with Gasteiger partial charge in [0.15, 0.2) is 5.16 Å². The van der Waals surface area contributed by atoms with Crippen molar-refractivity contribution in [3.8, 4) is 11.4 Å². The zero-order chi connectivity index (χ0) is 14.9. The van der Waals surface area contributed by atoms with Crippen molar-refractivity contribution >= 4 is 45.7 Å². The maximum atomic E-state index is 5.97. The first kappa shape index (κ1) is 13.8. The molecule has 22 heavy (non-hydrogen) atoms. The third-order valence-electron chi connectivity index (χ3n) is 3.00. The minimum Gasteiger partial charge on any atom is -0.338 e. The summed E-state index contributed by atoms with van der Waals surface area (Å²) in [7, 11) is 0. The second kappa shape index (κ2) is 5.75. The molecular weight excluding hydrogens is 340 g/mol. The zero-order valence-corrected chi connectivity index (χ0v) is 13.5. The number of aromatic amines is 1. The molecule has 0 aliphatic rings. The molecule has 8 heteroatoms. The number of halogens is 1. The molecule has 0 aliphatic carbocycles. The molecule has 0 radical (unpaired) electrons. The number of fused-ring (bicyclic) bond motifs is 1. The second-order valence-corrected chi connectivity index (χ2v) is 6.70. The fourth-order valence-corrected chi connectivity index (χ4v) is 3.51. The summed E-state index contributed by atoms with van der Waals surface area (Å²) in [4.78, 5) is 12.1. The molecule has 5 nitrogen and oxygen atoms in total. The van der Waals surface area contributed by atoms with E-state index in [4.69, 9.17) is 16.1 Å². The Labute approximate surface area is 138 Å². The lowest BCUT2D eigenvalue weighted by molar-refractivity contribution is 0.391. The van der Waals surface area contributed by atoms with Gasteiger partial charge in [0.25, 0.3) is 0 Å². The minimum atomic E-state index is 0.560. The first-order valence-corrected chi connectivity index (χ1v) is 8.72. The number of hydrogen-bond donors (Lipinski definition) is 1. The first-order valence-electron chi connectivity index (χ1n) is 6.41. The van der Waals surface area contributed by atoms with Crippen molar-refractivity contribution in [1.29, 1.82) is 0 Å². The van der Waals surface area contributed by atoms with Gasteiger partial charge in [-0.15, -0.1) is 0 Å². The predicted molar refractivity (Wildman–Crippen MR) is 88.3 cm³/mol. The van der Waals surface area contributed by atoms with Gasteiger partial charge in [0.1, 0.15) is 0 Å². The molecule has 3 heterocycles. The summed E-state index contributed by atoms with van der Waals surface area (Å²) in [5.74, 6) is 1.75. The Balaban J connectivity index is 1.49. The zero-order valence-electron chi connectivity index (χ0n) is 11.1. The molecule has 0 aliphatic heterocycles. The average molecular weight is 349 g/mol. The lowest BCUT2D eigenvalue weighted by Crippen LogP contribution is -1.82. The minimum absolute atomic E-state index is 0.560. The number of H-pyrrole nitrogens is 1. The number of imidazole rings is 1. The van der Waals surface area contributed by atoms with E-state index in [1.54, 1.807) is 11.3 Å². The summed E-state index contributed by atoms with van der Waals surface area (Å²) in [6, 6.07) is 7.54. The Morgan fingerprint density at radius 1 is 1.27 bits per heavy atom. The fourth-order valence-electron chi connectivity index (χ4n) is 1.98. The maximum Gasteiger partial charge on any atom is 0.237 e. The van der Waals surface area contributed by atoms with Crippen LogP contribution in [0.25, 0.3) is 22.4 Å². The molecule has 1 N–H and O–H groups in total. The predicted octanol–water partition coefficient (Wildman–Crippen LogP) is 4.62. The first-order chi connectivity index (χ1) is 10.8.